The Morgan fingerprint density at radius 3 is 2.42 bits per heavy atom. The molecule has 1 fully saturated rings. The number of hydrogen-bond donors (Lipinski definition) is 1. The van der Waals surface area contributed by atoms with E-state index in [9.17, 15) is 22.8 Å². The number of alkyl halides is 3. The van der Waals surface area contributed by atoms with Crippen LogP contribution in [-0.2, 0) is 21.4 Å². The molecule has 1 N–H and O–H groups in total. The Bertz CT molecular complexity index is 651. The van der Waals surface area contributed by atoms with E-state index in [1.54, 1.807) is 5.38 Å². The Morgan fingerprint density at radius 2 is 2.00 bits per heavy atom. The number of carbonyl (C=O) groups is 2. The van der Waals surface area contributed by atoms with Crippen LogP contribution in [0.5, 0.6) is 0 Å². The fourth-order valence-electron chi connectivity index (χ4n) is 2.55. The van der Waals surface area contributed by atoms with Crippen molar-refractivity contribution in [1.29, 1.82) is 0 Å². The number of amides is 1. The topological polar surface area (TPSA) is 70.5 Å². The number of carbonyl (C=O) groups excluding carboxylic acids is 1. The Hall–Kier alpha value is -1.64. The second kappa shape index (κ2) is 6.02. The molecular formula is C15H19F3N2O3S. The Balaban J connectivity index is 2.10. The van der Waals surface area contributed by atoms with E-state index in [-0.39, 0.29) is 18.4 Å². The average molecular weight is 364 g/mol. The van der Waals surface area contributed by atoms with Crippen LogP contribution >= 0.6 is 11.3 Å². The van der Waals surface area contributed by atoms with Crippen LogP contribution in [-0.4, -0.2) is 46.1 Å². The highest BCUT2D eigenvalue weighted by atomic mass is 32.1. The second-order valence-electron chi connectivity index (χ2n) is 7.02. The van der Waals surface area contributed by atoms with Crippen molar-refractivity contribution in [3.8, 4) is 0 Å². The molecule has 1 aliphatic heterocycles. The maximum Gasteiger partial charge on any atom is 0.406 e. The van der Waals surface area contributed by atoms with Crippen molar-refractivity contribution in [2.45, 2.75) is 45.2 Å². The van der Waals surface area contributed by atoms with Crippen LogP contribution in [0.4, 0.5) is 13.2 Å². The first-order valence-corrected chi connectivity index (χ1v) is 8.27. The molecule has 9 heteroatoms. The fourth-order valence-corrected chi connectivity index (χ4v) is 3.46. The summed E-state index contributed by atoms with van der Waals surface area (Å²) >= 11 is 1.39. The van der Waals surface area contributed by atoms with Gasteiger partial charge in [0.15, 0.2) is 5.41 Å². The molecule has 1 saturated heterocycles. The lowest BCUT2D eigenvalue weighted by molar-refractivity contribution is -0.227. The summed E-state index contributed by atoms with van der Waals surface area (Å²) in [5.41, 5.74) is -2.55. The van der Waals surface area contributed by atoms with Crippen molar-refractivity contribution < 1.29 is 27.9 Å². The molecule has 0 spiro atoms. The summed E-state index contributed by atoms with van der Waals surface area (Å²) < 4.78 is 39.4. The van der Waals surface area contributed by atoms with Gasteiger partial charge in [-0.1, -0.05) is 20.8 Å². The van der Waals surface area contributed by atoms with Crippen molar-refractivity contribution in [2.75, 3.05) is 13.1 Å². The van der Waals surface area contributed by atoms with Gasteiger partial charge in [-0.25, -0.2) is 4.98 Å². The third-order valence-corrected chi connectivity index (χ3v) is 5.42. The number of rotatable bonds is 3. The van der Waals surface area contributed by atoms with Crippen LogP contribution in [0.1, 0.15) is 37.9 Å². The zero-order valence-electron chi connectivity index (χ0n) is 13.6. The molecule has 2 rings (SSSR count). The molecular weight excluding hydrogens is 345 g/mol. The molecule has 24 heavy (non-hydrogen) atoms. The van der Waals surface area contributed by atoms with Gasteiger partial charge in [-0.3, -0.25) is 9.59 Å². The van der Waals surface area contributed by atoms with Crippen molar-refractivity contribution in [1.82, 2.24) is 9.88 Å². The minimum absolute atomic E-state index is 0.125. The molecule has 0 radical (unpaired) electrons. The van der Waals surface area contributed by atoms with E-state index in [2.05, 4.69) is 4.98 Å². The molecule has 2 heterocycles. The molecule has 1 atom stereocenters. The minimum atomic E-state index is -4.89. The molecule has 134 valence electrons. The van der Waals surface area contributed by atoms with E-state index in [4.69, 9.17) is 5.11 Å². The minimum Gasteiger partial charge on any atom is -0.481 e. The van der Waals surface area contributed by atoms with Crippen LogP contribution in [0.15, 0.2) is 5.38 Å². The van der Waals surface area contributed by atoms with Gasteiger partial charge in [0.05, 0.1) is 17.1 Å². The van der Waals surface area contributed by atoms with E-state index in [0.717, 1.165) is 9.91 Å². The molecule has 1 aliphatic rings. The fraction of sp³-hybridized carbons (Fsp3) is 0.667. The predicted molar refractivity (Wildman–Crippen MR) is 81.8 cm³/mol. The van der Waals surface area contributed by atoms with Gasteiger partial charge >= 0.3 is 12.1 Å². The third-order valence-electron chi connectivity index (χ3n) is 4.10. The first kappa shape index (κ1) is 18.7. The van der Waals surface area contributed by atoms with Gasteiger partial charge in [0.25, 0.3) is 0 Å². The third kappa shape index (κ3) is 3.40. The highest BCUT2D eigenvalue weighted by Gasteiger charge is 2.64. The zero-order valence-corrected chi connectivity index (χ0v) is 14.4. The SMILES string of the molecule is CC(C)(C)c1nc(CC(=O)N2CCC(C(=O)O)(C(F)(F)F)C2)cs1. The molecule has 0 saturated carbocycles. The van der Waals surface area contributed by atoms with Gasteiger partial charge in [-0.2, -0.15) is 13.2 Å². The number of aliphatic carboxylic acids is 1. The molecule has 1 unspecified atom stereocenters. The Labute approximate surface area is 141 Å². The lowest BCUT2D eigenvalue weighted by atomic mass is 9.86. The largest absolute Gasteiger partial charge is 0.481 e. The molecule has 1 aromatic rings. The van der Waals surface area contributed by atoms with E-state index in [0.29, 0.717) is 5.69 Å². The van der Waals surface area contributed by atoms with Crippen LogP contribution in [0.3, 0.4) is 0 Å². The Morgan fingerprint density at radius 1 is 1.38 bits per heavy atom. The molecule has 0 aromatic carbocycles. The van der Waals surface area contributed by atoms with Gasteiger partial charge < -0.3 is 10.0 Å². The zero-order chi connectivity index (χ0) is 18.3. The number of likely N-dealkylation sites (tertiary alicyclic amines) is 1. The molecule has 0 bridgehead atoms. The van der Waals surface area contributed by atoms with E-state index in [1.807, 2.05) is 20.8 Å². The van der Waals surface area contributed by atoms with Crippen molar-refractivity contribution in [2.24, 2.45) is 5.41 Å². The lowest BCUT2D eigenvalue weighted by Crippen LogP contribution is -2.47. The lowest BCUT2D eigenvalue weighted by Gasteiger charge is -2.27. The highest BCUT2D eigenvalue weighted by Crippen LogP contribution is 2.45. The Kier molecular flexibility index (Phi) is 4.69. The summed E-state index contributed by atoms with van der Waals surface area (Å²) in [7, 11) is 0. The van der Waals surface area contributed by atoms with E-state index >= 15 is 0 Å². The standard InChI is InChI=1S/C15H19F3N2O3S/c1-13(2,3)11-19-9(7-24-11)6-10(21)20-5-4-14(8-20,12(22)23)15(16,17)18/h7H,4-6,8H2,1-3H3,(H,22,23). The number of nitrogens with zero attached hydrogens (tertiary/aromatic N) is 2. The smallest absolute Gasteiger partial charge is 0.406 e. The summed E-state index contributed by atoms with van der Waals surface area (Å²) in [6.45, 7) is 4.86. The molecule has 1 aromatic heterocycles. The van der Waals surface area contributed by atoms with Crippen molar-refractivity contribution >= 4 is 23.2 Å². The summed E-state index contributed by atoms with van der Waals surface area (Å²) in [5, 5.41) is 11.6. The van der Waals surface area contributed by atoms with Gasteiger partial charge in [0, 0.05) is 23.9 Å². The first-order chi connectivity index (χ1) is 10.9. The van der Waals surface area contributed by atoms with E-state index in [1.165, 1.54) is 11.3 Å². The predicted octanol–water partition coefficient (Wildman–Crippen LogP) is 2.85. The maximum atomic E-state index is 13.1. The molecule has 5 nitrogen and oxygen atoms in total. The average Bonchev–Trinajstić information content (AvgIpc) is 3.03. The van der Waals surface area contributed by atoms with Crippen LogP contribution < -0.4 is 0 Å². The van der Waals surface area contributed by atoms with Crippen molar-refractivity contribution in [3.63, 3.8) is 0 Å². The van der Waals surface area contributed by atoms with Crippen LogP contribution in [0.25, 0.3) is 0 Å². The maximum absolute atomic E-state index is 13.1. The number of hydrogen-bond acceptors (Lipinski definition) is 4. The number of carboxylic acid groups (broad SMARTS) is 1. The number of aromatic nitrogens is 1. The first-order valence-electron chi connectivity index (χ1n) is 7.39. The van der Waals surface area contributed by atoms with Gasteiger partial charge in [-0.05, 0) is 6.42 Å². The van der Waals surface area contributed by atoms with Crippen LogP contribution in [0.2, 0.25) is 0 Å². The van der Waals surface area contributed by atoms with Crippen molar-refractivity contribution in [3.05, 3.63) is 16.1 Å². The summed E-state index contributed by atoms with van der Waals surface area (Å²) in [6, 6.07) is 0. The van der Waals surface area contributed by atoms with Gasteiger partial charge in [0.2, 0.25) is 5.91 Å². The van der Waals surface area contributed by atoms with Gasteiger partial charge in [-0.15, -0.1) is 11.3 Å². The highest BCUT2D eigenvalue weighted by molar-refractivity contribution is 7.09. The second-order valence-corrected chi connectivity index (χ2v) is 7.88. The molecule has 0 aliphatic carbocycles. The molecule has 1 amide bonds. The quantitative estimate of drug-likeness (QED) is 0.895. The number of thiazole rings is 1. The summed E-state index contributed by atoms with van der Waals surface area (Å²) in [4.78, 5) is 28.7. The summed E-state index contributed by atoms with van der Waals surface area (Å²) in [6.07, 6.45) is -5.64. The monoisotopic (exact) mass is 364 g/mol. The normalized spacial score (nSPS) is 22.0. The van der Waals surface area contributed by atoms with Crippen LogP contribution in [0, 0.1) is 5.41 Å². The summed E-state index contributed by atoms with van der Waals surface area (Å²) in [5.74, 6) is -2.47. The van der Waals surface area contributed by atoms with E-state index < -0.39 is 36.4 Å². The van der Waals surface area contributed by atoms with Gasteiger partial charge in [0.1, 0.15) is 0 Å². The number of halogens is 3. The number of carboxylic acids is 1.